The van der Waals surface area contributed by atoms with Crippen LogP contribution in [0.5, 0.6) is 0 Å². The summed E-state index contributed by atoms with van der Waals surface area (Å²) in [6.45, 7) is 12.0. The van der Waals surface area contributed by atoms with Crippen LogP contribution < -0.4 is 0 Å². The quantitative estimate of drug-likeness (QED) is 0.847. The molecular weight excluding hydrogens is 246 g/mol. The lowest BCUT2D eigenvalue weighted by atomic mass is 9.99. The predicted octanol–water partition coefficient (Wildman–Crippen LogP) is 2.71. The van der Waals surface area contributed by atoms with Crippen LogP contribution in [-0.2, 0) is 0 Å². The normalized spacial score (nSPS) is 19.5. The molecule has 3 nitrogen and oxygen atoms in total. The van der Waals surface area contributed by atoms with Gasteiger partial charge in [0.1, 0.15) is 0 Å². The monoisotopic (exact) mass is 271 g/mol. The Morgan fingerprint density at radius 2 is 1.70 bits per heavy atom. The highest BCUT2D eigenvalue weighted by Crippen LogP contribution is 2.19. The fourth-order valence-corrected chi connectivity index (χ4v) is 2.77. The molecule has 20 heavy (non-hydrogen) atoms. The van der Waals surface area contributed by atoms with E-state index in [9.17, 15) is 5.26 Å². The smallest absolute Gasteiger partial charge is 0.0839 e. The minimum atomic E-state index is -0.0163. The van der Waals surface area contributed by atoms with Gasteiger partial charge in [0.05, 0.1) is 12.0 Å². The first-order valence-corrected chi connectivity index (χ1v) is 7.42. The standard InChI is InChI=1S/C17H25N3/c1-17(2,3)20-11-9-19(10-12-20)14-16(13-18)15-7-5-4-6-8-15/h4-8,16H,9-12,14H2,1-3H3. The molecule has 0 aromatic heterocycles. The lowest BCUT2D eigenvalue weighted by Gasteiger charge is -2.42. The molecule has 1 fully saturated rings. The van der Waals surface area contributed by atoms with Crippen molar-refractivity contribution in [2.24, 2.45) is 0 Å². The molecule has 0 amide bonds. The van der Waals surface area contributed by atoms with E-state index in [1.54, 1.807) is 0 Å². The van der Waals surface area contributed by atoms with E-state index in [0.717, 1.165) is 38.3 Å². The molecule has 1 aliphatic heterocycles. The maximum atomic E-state index is 9.40. The first kappa shape index (κ1) is 15.0. The number of benzene rings is 1. The maximum absolute atomic E-state index is 9.40. The Kier molecular flexibility index (Phi) is 4.80. The highest BCUT2D eigenvalue weighted by atomic mass is 15.3. The van der Waals surface area contributed by atoms with E-state index in [0.29, 0.717) is 0 Å². The van der Waals surface area contributed by atoms with Crippen molar-refractivity contribution in [1.82, 2.24) is 9.80 Å². The number of rotatable bonds is 3. The Morgan fingerprint density at radius 3 is 2.20 bits per heavy atom. The molecule has 1 aliphatic rings. The second-order valence-electron chi connectivity index (χ2n) is 6.55. The van der Waals surface area contributed by atoms with Gasteiger partial charge in [-0.2, -0.15) is 5.26 Å². The average molecular weight is 271 g/mol. The molecule has 2 rings (SSSR count). The molecule has 3 heteroatoms. The SMILES string of the molecule is CC(C)(C)N1CCN(CC(C#N)c2ccccc2)CC1. The van der Waals surface area contributed by atoms with Crippen molar-refractivity contribution in [3.05, 3.63) is 35.9 Å². The molecule has 1 atom stereocenters. The minimum Gasteiger partial charge on any atom is -0.299 e. The molecular formula is C17H25N3. The molecule has 0 aliphatic carbocycles. The lowest BCUT2D eigenvalue weighted by molar-refractivity contribution is 0.0615. The first-order chi connectivity index (χ1) is 9.50. The van der Waals surface area contributed by atoms with E-state index >= 15 is 0 Å². The summed E-state index contributed by atoms with van der Waals surface area (Å²) in [5.41, 5.74) is 1.38. The van der Waals surface area contributed by atoms with Gasteiger partial charge in [0.2, 0.25) is 0 Å². The van der Waals surface area contributed by atoms with Crippen LogP contribution in [0.25, 0.3) is 0 Å². The van der Waals surface area contributed by atoms with E-state index in [1.807, 2.05) is 18.2 Å². The average Bonchev–Trinajstić information content (AvgIpc) is 2.45. The van der Waals surface area contributed by atoms with Gasteiger partial charge in [-0.1, -0.05) is 30.3 Å². The van der Waals surface area contributed by atoms with Crippen LogP contribution in [0.4, 0.5) is 0 Å². The molecule has 108 valence electrons. The summed E-state index contributed by atoms with van der Waals surface area (Å²) in [4.78, 5) is 4.94. The summed E-state index contributed by atoms with van der Waals surface area (Å²) in [5, 5.41) is 9.40. The lowest BCUT2D eigenvalue weighted by Crippen LogP contribution is -2.53. The Labute approximate surface area is 122 Å². The summed E-state index contributed by atoms with van der Waals surface area (Å²) < 4.78 is 0. The summed E-state index contributed by atoms with van der Waals surface area (Å²) in [6, 6.07) is 12.6. The Hall–Kier alpha value is -1.37. The van der Waals surface area contributed by atoms with Gasteiger partial charge in [0.25, 0.3) is 0 Å². The Bertz CT molecular complexity index is 447. The van der Waals surface area contributed by atoms with Crippen LogP contribution in [0.1, 0.15) is 32.3 Å². The Balaban J connectivity index is 1.90. The number of piperazine rings is 1. The van der Waals surface area contributed by atoms with Gasteiger partial charge in [0, 0.05) is 38.3 Å². The fraction of sp³-hybridized carbons (Fsp3) is 0.588. The third-order valence-corrected chi connectivity index (χ3v) is 4.12. The van der Waals surface area contributed by atoms with Crippen molar-refractivity contribution < 1.29 is 0 Å². The summed E-state index contributed by atoms with van der Waals surface area (Å²) >= 11 is 0. The topological polar surface area (TPSA) is 30.3 Å². The zero-order valence-corrected chi connectivity index (χ0v) is 12.8. The number of nitriles is 1. The summed E-state index contributed by atoms with van der Waals surface area (Å²) in [5.74, 6) is -0.0163. The van der Waals surface area contributed by atoms with E-state index < -0.39 is 0 Å². The molecule has 0 N–H and O–H groups in total. The van der Waals surface area contributed by atoms with Crippen LogP contribution in [0, 0.1) is 11.3 Å². The number of nitrogens with zero attached hydrogens (tertiary/aromatic N) is 3. The zero-order chi connectivity index (χ0) is 14.6. The van der Waals surface area contributed by atoms with Crippen LogP contribution >= 0.6 is 0 Å². The minimum absolute atomic E-state index is 0.0163. The van der Waals surface area contributed by atoms with Gasteiger partial charge in [0.15, 0.2) is 0 Å². The first-order valence-electron chi connectivity index (χ1n) is 7.42. The van der Waals surface area contributed by atoms with Crippen LogP contribution in [0.3, 0.4) is 0 Å². The zero-order valence-electron chi connectivity index (χ0n) is 12.8. The second kappa shape index (κ2) is 6.39. The Morgan fingerprint density at radius 1 is 1.10 bits per heavy atom. The van der Waals surface area contributed by atoms with Gasteiger partial charge in [-0.25, -0.2) is 0 Å². The summed E-state index contributed by atoms with van der Waals surface area (Å²) in [7, 11) is 0. The molecule has 1 aromatic carbocycles. The molecule has 1 heterocycles. The predicted molar refractivity (Wildman–Crippen MR) is 82.6 cm³/mol. The van der Waals surface area contributed by atoms with E-state index in [1.165, 1.54) is 0 Å². The third kappa shape index (κ3) is 3.82. The van der Waals surface area contributed by atoms with Crippen molar-refractivity contribution in [2.75, 3.05) is 32.7 Å². The highest BCUT2D eigenvalue weighted by molar-refractivity contribution is 5.25. The van der Waals surface area contributed by atoms with Crippen molar-refractivity contribution >= 4 is 0 Å². The molecule has 0 saturated carbocycles. The number of hydrogen-bond donors (Lipinski definition) is 0. The van der Waals surface area contributed by atoms with Gasteiger partial charge < -0.3 is 0 Å². The van der Waals surface area contributed by atoms with E-state index in [2.05, 4.69) is 48.8 Å². The largest absolute Gasteiger partial charge is 0.299 e. The van der Waals surface area contributed by atoms with Gasteiger partial charge in [-0.15, -0.1) is 0 Å². The molecule has 0 spiro atoms. The van der Waals surface area contributed by atoms with Crippen LogP contribution in [-0.4, -0.2) is 48.1 Å². The highest BCUT2D eigenvalue weighted by Gasteiger charge is 2.26. The molecule has 1 saturated heterocycles. The molecule has 1 unspecified atom stereocenters. The van der Waals surface area contributed by atoms with E-state index in [4.69, 9.17) is 0 Å². The summed E-state index contributed by atoms with van der Waals surface area (Å²) in [6.07, 6.45) is 0. The number of hydrogen-bond acceptors (Lipinski definition) is 3. The van der Waals surface area contributed by atoms with Crippen molar-refractivity contribution in [1.29, 1.82) is 5.26 Å². The van der Waals surface area contributed by atoms with E-state index in [-0.39, 0.29) is 11.5 Å². The fourth-order valence-electron chi connectivity index (χ4n) is 2.77. The van der Waals surface area contributed by atoms with Crippen molar-refractivity contribution in [3.8, 4) is 6.07 Å². The van der Waals surface area contributed by atoms with Crippen LogP contribution in [0.15, 0.2) is 30.3 Å². The molecule has 1 aromatic rings. The van der Waals surface area contributed by atoms with Crippen molar-refractivity contribution in [2.45, 2.75) is 32.2 Å². The second-order valence-corrected chi connectivity index (χ2v) is 6.55. The van der Waals surface area contributed by atoms with Crippen LogP contribution in [0.2, 0.25) is 0 Å². The third-order valence-electron chi connectivity index (χ3n) is 4.12. The van der Waals surface area contributed by atoms with Crippen molar-refractivity contribution in [3.63, 3.8) is 0 Å². The van der Waals surface area contributed by atoms with Gasteiger partial charge in [-0.05, 0) is 26.3 Å². The molecule has 0 bridgehead atoms. The maximum Gasteiger partial charge on any atom is 0.0839 e. The van der Waals surface area contributed by atoms with Gasteiger partial charge >= 0.3 is 0 Å². The molecule has 0 radical (unpaired) electrons. The van der Waals surface area contributed by atoms with Gasteiger partial charge in [-0.3, -0.25) is 9.80 Å².